The molecular formula is C18H26O4. The highest BCUT2D eigenvalue weighted by molar-refractivity contribution is 5.80. The highest BCUT2D eigenvalue weighted by atomic mass is 16.4. The molecule has 0 aliphatic rings. The van der Waals surface area contributed by atoms with E-state index in [0.29, 0.717) is 0 Å². The molecule has 0 fully saturated rings. The van der Waals surface area contributed by atoms with Crippen LogP contribution in [0.1, 0.15) is 51.4 Å². The van der Waals surface area contributed by atoms with Crippen LogP contribution in [0.5, 0.6) is 0 Å². The van der Waals surface area contributed by atoms with Crippen molar-refractivity contribution in [2.75, 3.05) is 0 Å². The molecule has 0 aliphatic heterocycles. The van der Waals surface area contributed by atoms with Crippen LogP contribution in [0.2, 0.25) is 0 Å². The molecule has 4 heteroatoms. The van der Waals surface area contributed by atoms with Crippen molar-refractivity contribution >= 4 is 11.9 Å². The standard InChI is InChI=1S/C18H26O4/c19-17(20)15-13-11-9-7-5-3-1-2-4-6-8-10-12-14-16-18(21)22/h1,3,5,7,9,11,13,15H,2,4,6,8,10,12,14,16H2,(H,19,20)(H,21,22). The van der Waals surface area contributed by atoms with Gasteiger partial charge in [0.25, 0.3) is 0 Å². The average molecular weight is 306 g/mol. The lowest BCUT2D eigenvalue weighted by molar-refractivity contribution is -0.137. The summed E-state index contributed by atoms with van der Waals surface area (Å²) in [5, 5.41) is 16.9. The smallest absolute Gasteiger partial charge is 0.328 e. The van der Waals surface area contributed by atoms with Crippen LogP contribution in [0, 0.1) is 0 Å². The Balaban J connectivity index is 3.40. The molecule has 0 aromatic rings. The Kier molecular flexibility index (Phi) is 13.8. The van der Waals surface area contributed by atoms with E-state index in [1.165, 1.54) is 18.9 Å². The van der Waals surface area contributed by atoms with Crippen molar-refractivity contribution in [3.63, 3.8) is 0 Å². The fourth-order valence-corrected chi connectivity index (χ4v) is 1.81. The predicted molar refractivity (Wildman–Crippen MR) is 88.8 cm³/mol. The summed E-state index contributed by atoms with van der Waals surface area (Å²) in [6.45, 7) is 0. The lowest BCUT2D eigenvalue weighted by atomic mass is 10.1. The number of hydrogen-bond donors (Lipinski definition) is 2. The van der Waals surface area contributed by atoms with Crippen LogP contribution in [-0.4, -0.2) is 22.2 Å². The van der Waals surface area contributed by atoms with Crippen LogP contribution >= 0.6 is 0 Å². The summed E-state index contributed by atoms with van der Waals surface area (Å²) in [7, 11) is 0. The zero-order valence-corrected chi connectivity index (χ0v) is 13.0. The predicted octanol–water partition coefficient (Wildman–Crippen LogP) is 4.50. The summed E-state index contributed by atoms with van der Waals surface area (Å²) in [4.78, 5) is 20.5. The van der Waals surface area contributed by atoms with Gasteiger partial charge >= 0.3 is 11.9 Å². The number of aliphatic carboxylic acids is 2. The second kappa shape index (κ2) is 15.3. The number of rotatable bonds is 13. The maximum absolute atomic E-state index is 10.3. The maximum Gasteiger partial charge on any atom is 0.328 e. The quantitative estimate of drug-likeness (QED) is 0.298. The highest BCUT2D eigenvalue weighted by Gasteiger charge is 1.95. The molecule has 0 bridgehead atoms. The van der Waals surface area contributed by atoms with Crippen molar-refractivity contribution < 1.29 is 19.8 Å². The fourth-order valence-electron chi connectivity index (χ4n) is 1.81. The first-order valence-corrected chi connectivity index (χ1v) is 7.74. The maximum atomic E-state index is 10.3. The molecule has 0 amide bonds. The van der Waals surface area contributed by atoms with Crippen molar-refractivity contribution in [3.8, 4) is 0 Å². The molecule has 22 heavy (non-hydrogen) atoms. The number of unbranched alkanes of at least 4 members (excludes halogenated alkanes) is 6. The molecule has 4 nitrogen and oxygen atoms in total. The zero-order chi connectivity index (χ0) is 16.5. The highest BCUT2D eigenvalue weighted by Crippen LogP contribution is 2.08. The topological polar surface area (TPSA) is 74.6 Å². The Morgan fingerprint density at radius 2 is 1.23 bits per heavy atom. The minimum Gasteiger partial charge on any atom is -0.481 e. The largest absolute Gasteiger partial charge is 0.481 e. The summed E-state index contributed by atoms with van der Waals surface area (Å²) >= 11 is 0. The van der Waals surface area contributed by atoms with Gasteiger partial charge in [-0.15, -0.1) is 0 Å². The van der Waals surface area contributed by atoms with E-state index in [9.17, 15) is 9.59 Å². The van der Waals surface area contributed by atoms with Gasteiger partial charge in [0.1, 0.15) is 0 Å². The first kappa shape index (κ1) is 19.9. The van der Waals surface area contributed by atoms with E-state index in [2.05, 4.69) is 6.08 Å². The van der Waals surface area contributed by atoms with Gasteiger partial charge in [0.15, 0.2) is 0 Å². The van der Waals surface area contributed by atoms with Crippen LogP contribution < -0.4 is 0 Å². The van der Waals surface area contributed by atoms with Gasteiger partial charge in [-0.3, -0.25) is 4.79 Å². The molecule has 0 heterocycles. The molecule has 0 aromatic carbocycles. The summed E-state index contributed by atoms with van der Waals surface area (Å²) in [6.07, 6.45) is 21.6. The van der Waals surface area contributed by atoms with E-state index in [-0.39, 0.29) is 6.42 Å². The van der Waals surface area contributed by atoms with E-state index in [1.807, 2.05) is 18.2 Å². The van der Waals surface area contributed by atoms with Crippen LogP contribution in [0.3, 0.4) is 0 Å². The Morgan fingerprint density at radius 1 is 0.682 bits per heavy atom. The van der Waals surface area contributed by atoms with Gasteiger partial charge in [0, 0.05) is 12.5 Å². The Bertz CT molecular complexity index is 417. The minimum atomic E-state index is -0.949. The summed E-state index contributed by atoms with van der Waals surface area (Å²) in [5.74, 6) is -1.65. The minimum absolute atomic E-state index is 0.287. The van der Waals surface area contributed by atoms with Crippen molar-refractivity contribution in [2.24, 2.45) is 0 Å². The second-order valence-electron chi connectivity index (χ2n) is 4.95. The Morgan fingerprint density at radius 3 is 1.86 bits per heavy atom. The first-order chi connectivity index (χ1) is 10.6. The molecule has 0 radical (unpaired) electrons. The van der Waals surface area contributed by atoms with Crippen molar-refractivity contribution in [3.05, 3.63) is 48.6 Å². The van der Waals surface area contributed by atoms with Crippen LogP contribution in [0.15, 0.2) is 48.6 Å². The van der Waals surface area contributed by atoms with Crippen molar-refractivity contribution in [1.29, 1.82) is 0 Å². The number of carboxylic acid groups (broad SMARTS) is 2. The van der Waals surface area contributed by atoms with Crippen molar-refractivity contribution in [1.82, 2.24) is 0 Å². The lowest BCUT2D eigenvalue weighted by Gasteiger charge is -1.99. The molecule has 0 saturated heterocycles. The molecule has 0 rings (SSSR count). The van der Waals surface area contributed by atoms with Gasteiger partial charge in [-0.2, -0.15) is 0 Å². The second-order valence-corrected chi connectivity index (χ2v) is 4.95. The van der Waals surface area contributed by atoms with E-state index in [4.69, 9.17) is 10.2 Å². The zero-order valence-electron chi connectivity index (χ0n) is 13.0. The van der Waals surface area contributed by atoms with Gasteiger partial charge in [-0.25, -0.2) is 4.79 Å². The normalized spacial score (nSPS) is 12.2. The number of hydrogen-bond acceptors (Lipinski definition) is 2. The molecule has 0 aromatic heterocycles. The molecule has 0 unspecified atom stereocenters. The molecule has 0 saturated carbocycles. The van der Waals surface area contributed by atoms with Gasteiger partial charge in [0.05, 0.1) is 0 Å². The van der Waals surface area contributed by atoms with Crippen molar-refractivity contribution in [2.45, 2.75) is 51.4 Å². The van der Waals surface area contributed by atoms with E-state index < -0.39 is 11.9 Å². The van der Waals surface area contributed by atoms with Crippen LogP contribution in [-0.2, 0) is 9.59 Å². The van der Waals surface area contributed by atoms with Crippen LogP contribution in [0.4, 0.5) is 0 Å². The third-order valence-corrected chi connectivity index (χ3v) is 2.94. The summed E-state index contributed by atoms with van der Waals surface area (Å²) < 4.78 is 0. The fraction of sp³-hybridized carbons (Fsp3) is 0.444. The molecular weight excluding hydrogens is 280 g/mol. The third-order valence-electron chi connectivity index (χ3n) is 2.94. The molecule has 0 atom stereocenters. The van der Waals surface area contributed by atoms with Gasteiger partial charge in [0.2, 0.25) is 0 Å². The summed E-state index contributed by atoms with van der Waals surface area (Å²) in [6, 6.07) is 0. The lowest BCUT2D eigenvalue weighted by Crippen LogP contribution is -1.93. The van der Waals surface area contributed by atoms with E-state index in [1.54, 1.807) is 12.2 Å². The third kappa shape index (κ3) is 17.9. The first-order valence-electron chi connectivity index (χ1n) is 7.74. The molecule has 0 aliphatic carbocycles. The number of allylic oxidation sites excluding steroid dienone is 7. The summed E-state index contributed by atoms with van der Waals surface area (Å²) in [5.41, 5.74) is 0. The number of carbonyl (C=O) groups is 2. The van der Waals surface area contributed by atoms with Gasteiger partial charge < -0.3 is 10.2 Å². The molecule has 0 spiro atoms. The van der Waals surface area contributed by atoms with Gasteiger partial charge in [-0.05, 0) is 19.3 Å². The van der Waals surface area contributed by atoms with E-state index in [0.717, 1.165) is 38.2 Å². The van der Waals surface area contributed by atoms with E-state index >= 15 is 0 Å². The number of carboxylic acids is 2. The van der Waals surface area contributed by atoms with Gasteiger partial charge in [-0.1, -0.05) is 68.2 Å². The Labute approximate surface area is 132 Å². The SMILES string of the molecule is O=C(O)C=CC=CC=CC=CCCCCCCCCC(=O)O. The average Bonchev–Trinajstić information content (AvgIpc) is 2.46. The molecule has 2 N–H and O–H groups in total. The monoisotopic (exact) mass is 306 g/mol. The molecule has 122 valence electrons. The Hall–Kier alpha value is -2.10. The van der Waals surface area contributed by atoms with Crippen LogP contribution in [0.25, 0.3) is 0 Å².